The van der Waals surface area contributed by atoms with Crippen molar-refractivity contribution in [3.63, 3.8) is 0 Å². The van der Waals surface area contributed by atoms with Gasteiger partial charge in [0.05, 0.1) is 0 Å². The van der Waals surface area contributed by atoms with Crippen LogP contribution in [0, 0.1) is 0 Å². The number of benzene rings is 2. The van der Waals surface area contributed by atoms with E-state index in [1.165, 1.54) is 5.56 Å². The Balaban J connectivity index is 0.000000191. The van der Waals surface area contributed by atoms with Gasteiger partial charge in [0.1, 0.15) is 0 Å². The number of carbonyl (C=O) groups is 1. The summed E-state index contributed by atoms with van der Waals surface area (Å²) in [5.74, 6) is 0. The number of carbonyl (C=O) groups excluding carboxylic acids is 1. The van der Waals surface area contributed by atoms with E-state index in [0.29, 0.717) is 6.42 Å². The van der Waals surface area contributed by atoms with E-state index in [1.54, 1.807) is 0 Å². The number of hydrogen-bond acceptors (Lipinski definition) is 2. The quantitative estimate of drug-likeness (QED) is 0.871. The fourth-order valence-electron chi connectivity index (χ4n) is 1.57. The molecule has 3 heteroatoms. The average Bonchev–Trinajstić information content (AvgIpc) is 2.41. The molecule has 0 radical (unpaired) electrons. The summed E-state index contributed by atoms with van der Waals surface area (Å²) in [5.41, 5.74) is 7.64. The molecule has 2 rings (SSSR count). The molecule has 0 aliphatic heterocycles. The monoisotopic (exact) mass is 275 g/mol. The highest BCUT2D eigenvalue weighted by molar-refractivity contribution is 6.63. The molecule has 0 fully saturated rings. The smallest absolute Gasteiger partial charge is 0.226 e. The molecule has 0 aromatic heterocycles. The van der Waals surface area contributed by atoms with Gasteiger partial charge in [-0.2, -0.15) is 0 Å². The molecule has 0 saturated carbocycles. The van der Waals surface area contributed by atoms with Crippen molar-refractivity contribution >= 4 is 16.8 Å². The molecule has 0 heterocycles. The predicted molar refractivity (Wildman–Crippen MR) is 80.2 cm³/mol. The maximum atomic E-state index is 10.4. The van der Waals surface area contributed by atoms with Gasteiger partial charge in [-0.15, -0.1) is 0 Å². The van der Waals surface area contributed by atoms with Crippen LogP contribution in [0.15, 0.2) is 60.7 Å². The minimum Gasteiger partial charge on any atom is -0.330 e. The van der Waals surface area contributed by atoms with Crippen LogP contribution in [0.2, 0.25) is 0 Å². The molecule has 0 saturated heterocycles. The minimum atomic E-state index is -0.314. The summed E-state index contributed by atoms with van der Waals surface area (Å²) in [5, 5.41) is -0.314. The first kappa shape index (κ1) is 15.4. The Morgan fingerprint density at radius 3 is 1.79 bits per heavy atom. The van der Waals surface area contributed by atoms with E-state index in [2.05, 4.69) is 12.1 Å². The molecule has 0 bridgehead atoms. The fraction of sp³-hybridized carbons (Fsp3) is 0.188. The van der Waals surface area contributed by atoms with Crippen LogP contribution < -0.4 is 5.73 Å². The van der Waals surface area contributed by atoms with Crippen LogP contribution >= 0.6 is 11.6 Å². The molecule has 0 amide bonds. The van der Waals surface area contributed by atoms with Crippen LogP contribution in [-0.2, 0) is 17.6 Å². The molecular formula is C16H18ClNO. The molecule has 100 valence electrons. The lowest BCUT2D eigenvalue weighted by Gasteiger charge is -1.93. The molecule has 19 heavy (non-hydrogen) atoms. The first-order chi connectivity index (χ1) is 9.22. The van der Waals surface area contributed by atoms with Crippen molar-refractivity contribution in [2.24, 2.45) is 5.73 Å². The van der Waals surface area contributed by atoms with Crippen molar-refractivity contribution in [3.8, 4) is 0 Å². The normalized spacial score (nSPS) is 9.37. The summed E-state index contributed by atoms with van der Waals surface area (Å²) >= 11 is 5.17. The largest absolute Gasteiger partial charge is 0.330 e. The van der Waals surface area contributed by atoms with Crippen molar-refractivity contribution in [2.75, 3.05) is 6.54 Å². The van der Waals surface area contributed by atoms with E-state index in [1.807, 2.05) is 48.5 Å². The number of hydrogen-bond donors (Lipinski definition) is 1. The minimum absolute atomic E-state index is 0.314. The molecule has 0 spiro atoms. The van der Waals surface area contributed by atoms with E-state index in [4.69, 9.17) is 17.3 Å². The Labute approximate surface area is 119 Å². The summed E-state index contributed by atoms with van der Waals surface area (Å²) < 4.78 is 0. The average molecular weight is 276 g/mol. The van der Waals surface area contributed by atoms with Crippen molar-refractivity contribution in [1.82, 2.24) is 0 Å². The molecule has 2 aromatic rings. The molecule has 2 N–H and O–H groups in total. The summed E-state index contributed by atoms with van der Waals surface area (Å²) in [4.78, 5) is 10.4. The maximum Gasteiger partial charge on any atom is 0.226 e. The highest BCUT2D eigenvalue weighted by atomic mass is 35.5. The van der Waals surface area contributed by atoms with Crippen LogP contribution in [0.1, 0.15) is 11.1 Å². The Hall–Kier alpha value is -1.64. The predicted octanol–water partition coefficient (Wildman–Crippen LogP) is 3.18. The number of nitrogens with two attached hydrogens (primary N) is 1. The van der Waals surface area contributed by atoms with Gasteiger partial charge < -0.3 is 5.73 Å². The summed E-state index contributed by atoms with van der Waals surface area (Å²) in [6.45, 7) is 0.740. The van der Waals surface area contributed by atoms with Crippen LogP contribution in [0.4, 0.5) is 0 Å². The SMILES string of the molecule is NCCc1ccccc1.O=C(Cl)Cc1ccccc1. The second kappa shape index (κ2) is 9.31. The van der Waals surface area contributed by atoms with E-state index in [-0.39, 0.29) is 5.24 Å². The van der Waals surface area contributed by atoms with E-state index < -0.39 is 0 Å². The van der Waals surface area contributed by atoms with Gasteiger partial charge in [-0.25, -0.2) is 0 Å². The zero-order valence-electron chi connectivity index (χ0n) is 10.8. The maximum absolute atomic E-state index is 10.4. The third-order valence-corrected chi connectivity index (χ3v) is 2.60. The highest BCUT2D eigenvalue weighted by Gasteiger charge is 1.96. The van der Waals surface area contributed by atoms with Crippen molar-refractivity contribution in [1.29, 1.82) is 0 Å². The van der Waals surface area contributed by atoms with Crippen LogP contribution in [0.25, 0.3) is 0 Å². The number of rotatable bonds is 4. The van der Waals surface area contributed by atoms with E-state index in [9.17, 15) is 4.79 Å². The second-order valence-corrected chi connectivity index (χ2v) is 4.46. The third kappa shape index (κ3) is 7.39. The zero-order valence-corrected chi connectivity index (χ0v) is 11.5. The molecular weight excluding hydrogens is 258 g/mol. The standard InChI is InChI=1S/C8H7ClO.C8H11N/c9-8(10)6-7-4-2-1-3-5-7;9-7-6-8-4-2-1-3-5-8/h1-5H,6H2;1-5H,6-7,9H2. The lowest BCUT2D eigenvalue weighted by Crippen LogP contribution is -2.01. The first-order valence-corrected chi connectivity index (χ1v) is 6.56. The van der Waals surface area contributed by atoms with Crippen molar-refractivity contribution in [2.45, 2.75) is 12.8 Å². The van der Waals surface area contributed by atoms with Gasteiger partial charge in [-0.3, -0.25) is 4.79 Å². The molecule has 0 aliphatic rings. The lowest BCUT2D eigenvalue weighted by atomic mass is 10.2. The molecule has 0 unspecified atom stereocenters. The summed E-state index contributed by atoms with van der Waals surface area (Å²) in [6.07, 6.45) is 1.31. The lowest BCUT2D eigenvalue weighted by molar-refractivity contribution is -0.111. The van der Waals surface area contributed by atoms with Gasteiger partial charge in [0, 0.05) is 6.42 Å². The second-order valence-electron chi connectivity index (χ2n) is 4.04. The summed E-state index contributed by atoms with van der Waals surface area (Å²) in [7, 11) is 0. The zero-order chi connectivity index (χ0) is 13.9. The van der Waals surface area contributed by atoms with Gasteiger partial charge in [0.2, 0.25) is 5.24 Å². The van der Waals surface area contributed by atoms with E-state index in [0.717, 1.165) is 18.5 Å². The molecule has 0 atom stereocenters. The van der Waals surface area contributed by atoms with E-state index >= 15 is 0 Å². The van der Waals surface area contributed by atoms with Crippen LogP contribution in [0.3, 0.4) is 0 Å². The van der Waals surface area contributed by atoms with Crippen molar-refractivity contribution in [3.05, 3.63) is 71.8 Å². The van der Waals surface area contributed by atoms with Crippen molar-refractivity contribution < 1.29 is 4.79 Å². The summed E-state index contributed by atoms with van der Waals surface area (Å²) in [6, 6.07) is 19.7. The fourth-order valence-corrected chi connectivity index (χ4v) is 1.72. The topological polar surface area (TPSA) is 43.1 Å². The van der Waals surface area contributed by atoms with Gasteiger partial charge in [-0.05, 0) is 35.7 Å². The van der Waals surface area contributed by atoms with Gasteiger partial charge in [0.15, 0.2) is 0 Å². The van der Waals surface area contributed by atoms with Gasteiger partial charge in [0.25, 0.3) is 0 Å². The Morgan fingerprint density at radius 1 is 0.895 bits per heavy atom. The molecule has 2 nitrogen and oxygen atoms in total. The molecule has 2 aromatic carbocycles. The Kier molecular flexibility index (Phi) is 7.56. The third-order valence-electron chi connectivity index (χ3n) is 2.46. The Bertz CT molecular complexity index is 471. The molecule has 0 aliphatic carbocycles. The van der Waals surface area contributed by atoms with Gasteiger partial charge >= 0.3 is 0 Å². The van der Waals surface area contributed by atoms with Gasteiger partial charge in [-0.1, -0.05) is 60.7 Å². The Morgan fingerprint density at radius 2 is 1.37 bits per heavy atom. The first-order valence-electron chi connectivity index (χ1n) is 6.18. The number of halogens is 1. The van der Waals surface area contributed by atoms with Crippen LogP contribution in [0.5, 0.6) is 0 Å². The highest BCUT2D eigenvalue weighted by Crippen LogP contribution is 2.01. The van der Waals surface area contributed by atoms with Crippen LogP contribution in [-0.4, -0.2) is 11.8 Å².